The molecule has 6 nitrogen and oxygen atoms in total. The maximum Gasteiger partial charge on any atom is 0.337 e. The van der Waals surface area contributed by atoms with E-state index >= 15 is 0 Å². The van der Waals surface area contributed by atoms with Gasteiger partial charge in [-0.25, -0.2) is 9.78 Å². The number of pyridine rings is 1. The van der Waals surface area contributed by atoms with Gasteiger partial charge in [-0.1, -0.05) is 23.7 Å². The number of piperidine rings is 1. The van der Waals surface area contributed by atoms with Crippen LogP contribution in [0.1, 0.15) is 53.7 Å². The van der Waals surface area contributed by atoms with E-state index in [0.717, 1.165) is 37.3 Å². The highest BCUT2D eigenvalue weighted by Crippen LogP contribution is 2.34. The lowest BCUT2D eigenvalue weighted by atomic mass is 10.00. The predicted molar refractivity (Wildman–Crippen MR) is 123 cm³/mol. The maximum absolute atomic E-state index is 11.6. The Hall–Kier alpha value is -3.30. The van der Waals surface area contributed by atoms with Crippen molar-refractivity contribution in [2.75, 3.05) is 23.3 Å². The molecule has 0 amide bonds. The van der Waals surface area contributed by atoms with E-state index in [2.05, 4.69) is 16.3 Å². The molecular weight excluding hydrogens is 412 g/mol. The molecule has 3 aromatic rings. The molecule has 1 aliphatic rings. The lowest BCUT2D eigenvalue weighted by Crippen LogP contribution is -2.30. The average molecular weight is 435 g/mol. The first-order chi connectivity index (χ1) is 15.0. The number of anilines is 2. The Morgan fingerprint density at radius 2 is 1.97 bits per heavy atom. The summed E-state index contributed by atoms with van der Waals surface area (Å²) in [5, 5.41) is 23.8. The number of hydrogen-bond donors (Lipinski definition) is 2. The number of carboxylic acids is 1. The molecule has 1 fully saturated rings. The van der Waals surface area contributed by atoms with Crippen molar-refractivity contribution in [1.29, 1.82) is 5.26 Å². The van der Waals surface area contributed by atoms with Gasteiger partial charge < -0.3 is 15.3 Å². The first kappa shape index (κ1) is 21.0. The minimum absolute atomic E-state index is 0.195. The van der Waals surface area contributed by atoms with Crippen LogP contribution in [-0.2, 0) is 0 Å². The Kier molecular flexibility index (Phi) is 5.97. The van der Waals surface area contributed by atoms with Gasteiger partial charge in [-0.05, 0) is 56.5 Å². The Labute approximate surface area is 186 Å². The van der Waals surface area contributed by atoms with Gasteiger partial charge >= 0.3 is 5.97 Å². The molecule has 31 heavy (non-hydrogen) atoms. The number of carboxylic acid groups (broad SMARTS) is 1. The number of fused-ring (bicyclic) bond motifs is 1. The monoisotopic (exact) mass is 434 g/mol. The smallest absolute Gasteiger partial charge is 0.337 e. The van der Waals surface area contributed by atoms with Crippen molar-refractivity contribution in [3.05, 3.63) is 64.2 Å². The number of rotatable bonds is 5. The van der Waals surface area contributed by atoms with Crippen molar-refractivity contribution >= 4 is 40.0 Å². The molecule has 1 atom stereocenters. The van der Waals surface area contributed by atoms with Crippen molar-refractivity contribution in [3.8, 4) is 6.07 Å². The number of para-hydroxylation sites is 1. The molecule has 0 spiro atoms. The van der Waals surface area contributed by atoms with Crippen LogP contribution in [0.3, 0.4) is 0 Å². The van der Waals surface area contributed by atoms with Crippen LogP contribution >= 0.6 is 11.6 Å². The van der Waals surface area contributed by atoms with Crippen LogP contribution in [0.25, 0.3) is 10.9 Å². The predicted octanol–water partition coefficient (Wildman–Crippen LogP) is 5.62. The Balaban J connectivity index is 1.81. The number of carbonyl (C=O) groups is 1. The molecule has 158 valence electrons. The second-order valence-electron chi connectivity index (χ2n) is 7.80. The van der Waals surface area contributed by atoms with E-state index in [1.807, 2.05) is 19.1 Å². The van der Waals surface area contributed by atoms with E-state index in [-0.39, 0.29) is 11.6 Å². The lowest BCUT2D eigenvalue weighted by molar-refractivity contribution is 0.0698. The van der Waals surface area contributed by atoms with Gasteiger partial charge in [0, 0.05) is 34.7 Å². The summed E-state index contributed by atoms with van der Waals surface area (Å²) in [6.07, 6.45) is 3.43. The molecule has 2 aromatic carbocycles. The lowest BCUT2D eigenvalue weighted by Gasteiger charge is -2.28. The van der Waals surface area contributed by atoms with Crippen molar-refractivity contribution in [3.63, 3.8) is 0 Å². The van der Waals surface area contributed by atoms with Crippen LogP contribution in [0.4, 0.5) is 11.5 Å². The van der Waals surface area contributed by atoms with Crippen molar-refractivity contribution in [2.45, 2.75) is 32.2 Å². The van der Waals surface area contributed by atoms with Gasteiger partial charge in [0.25, 0.3) is 0 Å². The molecule has 1 aromatic heterocycles. The molecule has 2 N–H and O–H groups in total. The molecule has 7 heteroatoms. The Morgan fingerprint density at radius 1 is 1.23 bits per heavy atom. The van der Waals surface area contributed by atoms with Crippen molar-refractivity contribution < 1.29 is 9.90 Å². The van der Waals surface area contributed by atoms with Gasteiger partial charge in [0.05, 0.1) is 28.8 Å². The minimum atomic E-state index is -0.997. The number of aromatic carboxylic acids is 1. The minimum Gasteiger partial charge on any atom is -0.478 e. The summed E-state index contributed by atoms with van der Waals surface area (Å²) in [7, 11) is 0. The van der Waals surface area contributed by atoms with Crippen LogP contribution in [0, 0.1) is 11.3 Å². The normalized spacial score (nSPS) is 14.8. The highest BCUT2D eigenvalue weighted by Gasteiger charge is 2.20. The van der Waals surface area contributed by atoms with Gasteiger partial charge in [0.15, 0.2) is 0 Å². The Morgan fingerprint density at radius 3 is 2.68 bits per heavy atom. The molecular formula is C24H23ClN4O2. The topological polar surface area (TPSA) is 89.2 Å². The van der Waals surface area contributed by atoms with Crippen LogP contribution in [0.5, 0.6) is 0 Å². The third kappa shape index (κ3) is 4.28. The summed E-state index contributed by atoms with van der Waals surface area (Å²) in [5.41, 5.74) is 2.77. The molecule has 1 unspecified atom stereocenters. The number of nitrogens with one attached hydrogen (secondary N) is 1. The van der Waals surface area contributed by atoms with E-state index in [1.165, 1.54) is 6.42 Å². The van der Waals surface area contributed by atoms with Gasteiger partial charge in [0.2, 0.25) is 0 Å². The van der Waals surface area contributed by atoms with Gasteiger partial charge in [-0.15, -0.1) is 0 Å². The first-order valence-electron chi connectivity index (χ1n) is 10.4. The second kappa shape index (κ2) is 8.83. The molecule has 0 aliphatic carbocycles. The van der Waals surface area contributed by atoms with Crippen LogP contribution in [-0.4, -0.2) is 29.1 Å². The van der Waals surface area contributed by atoms with E-state index < -0.39 is 5.97 Å². The van der Waals surface area contributed by atoms with Crippen LogP contribution in [0.2, 0.25) is 5.02 Å². The van der Waals surface area contributed by atoms with Crippen molar-refractivity contribution in [2.24, 2.45) is 0 Å². The second-order valence-corrected chi connectivity index (χ2v) is 8.23. The van der Waals surface area contributed by atoms with E-state index in [4.69, 9.17) is 16.6 Å². The standard InChI is InChI=1S/C24H23ClN4O2/c1-15(27-21-8-4-3-7-18(21)24(30)31)19-12-17(25)13-20-16(14-26)11-22(28-23(19)20)29-9-5-2-6-10-29/h3-4,7-8,11-13,15,27H,2,5-6,9-10H2,1H3,(H,30,31). The van der Waals surface area contributed by atoms with Gasteiger partial charge in [-0.3, -0.25) is 0 Å². The molecule has 0 saturated carbocycles. The first-order valence-corrected chi connectivity index (χ1v) is 10.7. The third-order valence-corrected chi connectivity index (χ3v) is 5.91. The SMILES string of the molecule is CC(Nc1ccccc1C(=O)O)c1cc(Cl)cc2c(C#N)cc(N3CCCCC3)nc12. The molecule has 0 bridgehead atoms. The van der Waals surface area contributed by atoms with Crippen LogP contribution < -0.4 is 10.2 Å². The summed E-state index contributed by atoms with van der Waals surface area (Å²) in [6, 6.07) is 14.2. The van der Waals surface area contributed by atoms with Gasteiger partial charge in [0.1, 0.15) is 5.82 Å². The highest BCUT2D eigenvalue weighted by atomic mass is 35.5. The summed E-state index contributed by atoms with van der Waals surface area (Å²) in [5.74, 6) is -0.200. The number of aromatic nitrogens is 1. The van der Waals surface area contributed by atoms with E-state index in [9.17, 15) is 15.2 Å². The summed E-state index contributed by atoms with van der Waals surface area (Å²) >= 11 is 6.40. The number of hydrogen-bond acceptors (Lipinski definition) is 5. The molecule has 1 saturated heterocycles. The molecule has 2 heterocycles. The summed E-state index contributed by atoms with van der Waals surface area (Å²) in [6.45, 7) is 3.78. The number of nitriles is 1. The largest absolute Gasteiger partial charge is 0.478 e. The fourth-order valence-electron chi connectivity index (χ4n) is 4.12. The number of nitrogens with zero attached hydrogens (tertiary/aromatic N) is 3. The fourth-order valence-corrected chi connectivity index (χ4v) is 4.34. The quantitative estimate of drug-likeness (QED) is 0.541. The van der Waals surface area contributed by atoms with Crippen LogP contribution in [0.15, 0.2) is 42.5 Å². The van der Waals surface area contributed by atoms with Gasteiger partial charge in [-0.2, -0.15) is 5.26 Å². The number of halogens is 1. The molecule has 4 rings (SSSR count). The third-order valence-electron chi connectivity index (χ3n) is 5.69. The fraction of sp³-hybridized carbons (Fsp3) is 0.292. The maximum atomic E-state index is 11.6. The zero-order valence-electron chi connectivity index (χ0n) is 17.2. The van der Waals surface area contributed by atoms with E-state index in [0.29, 0.717) is 27.2 Å². The zero-order valence-corrected chi connectivity index (χ0v) is 18.0. The average Bonchev–Trinajstić information content (AvgIpc) is 2.78. The van der Waals surface area contributed by atoms with Crippen molar-refractivity contribution in [1.82, 2.24) is 4.98 Å². The number of benzene rings is 2. The summed E-state index contributed by atoms with van der Waals surface area (Å²) in [4.78, 5) is 18.7. The van der Waals surface area contributed by atoms with E-state index in [1.54, 1.807) is 30.3 Å². The highest BCUT2D eigenvalue weighted by molar-refractivity contribution is 6.31. The zero-order chi connectivity index (χ0) is 22.0. The molecule has 0 radical (unpaired) electrons. The Bertz CT molecular complexity index is 1180. The molecule has 1 aliphatic heterocycles. The summed E-state index contributed by atoms with van der Waals surface area (Å²) < 4.78 is 0.